The molecule has 2 aromatic rings. The molecule has 1 aromatic carbocycles. The van der Waals surface area contributed by atoms with Gasteiger partial charge in [-0.1, -0.05) is 29.9 Å². The first-order valence-corrected chi connectivity index (χ1v) is 6.75. The molecule has 0 fully saturated rings. The van der Waals surface area contributed by atoms with Crippen molar-refractivity contribution in [2.75, 3.05) is 6.26 Å². The summed E-state index contributed by atoms with van der Waals surface area (Å²) in [4.78, 5) is 4.32. The number of H-pyrrole nitrogens is 1. The van der Waals surface area contributed by atoms with E-state index in [0.717, 1.165) is 16.3 Å². The summed E-state index contributed by atoms with van der Waals surface area (Å²) < 4.78 is 0.711. The van der Waals surface area contributed by atoms with Crippen LogP contribution in [-0.4, -0.2) is 11.2 Å². The molecule has 0 radical (unpaired) electrons. The molecular formula is C12H10ClNS2. The predicted octanol–water partition coefficient (Wildman–Crippen LogP) is 4.79. The molecular weight excluding hydrogens is 258 g/mol. The third-order valence-corrected chi connectivity index (χ3v) is 3.53. The van der Waals surface area contributed by atoms with Crippen LogP contribution in [0.15, 0.2) is 41.3 Å². The first-order chi connectivity index (χ1) is 7.70. The van der Waals surface area contributed by atoms with Crippen LogP contribution < -0.4 is 0 Å². The summed E-state index contributed by atoms with van der Waals surface area (Å²) in [7, 11) is 0. The van der Waals surface area contributed by atoms with E-state index in [1.807, 2.05) is 36.6 Å². The zero-order valence-corrected chi connectivity index (χ0v) is 11.0. The molecule has 82 valence electrons. The van der Waals surface area contributed by atoms with Gasteiger partial charge in [-0.15, -0.1) is 11.8 Å². The maximum atomic E-state index is 6.18. The van der Waals surface area contributed by atoms with Crippen LogP contribution in [0.1, 0.15) is 0 Å². The molecule has 16 heavy (non-hydrogen) atoms. The van der Waals surface area contributed by atoms with Crippen molar-refractivity contribution in [1.29, 1.82) is 0 Å². The first kappa shape index (κ1) is 11.7. The lowest BCUT2D eigenvalue weighted by atomic mass is 10.1. The number of pyridine rings is 1. The van der Waals surface area contributed by atoms with Crippen molar-refractivity contribution in [2.45, 2.75) is 4.90 Å². The zero-order chi connectivity index (χ0) is 11.5. The fourth-order valence-electron chi connectivity index (χ4n) is 1.44. The minimum atomic E-state index is 0.711. The number of benzene rings is 1. The molecule has 1 nitrogen and oxygen atoms in total. The Kier molecular flexibility index (Phi) is 3.69. The molecule has 0 saturated heterocycles. The van der Waals surface area contributed by atoms with E-state index in [4.69, 9.17) is 23.8 Å². The average Bonchev–Trinajstić information content (AvgIpc) is 2.30. The summed E-state index contributed by atoms with van der Waals surface area (Å²) in [6.07, 6.45) is 2.04. The second-order valence-corrected chi connectivity index (χ2v) is 5.00. The lowest BCUT2D eigenvalue weighted by Gasteiger charge is -2.06. The van der Waals surface area contributed by atoms with Gasteiger partial charge in [0.05, 0.1) is 0 Å². The molecule has 1 aromatic heterocycles. The van der Waals surface area contributed by atoms with Gasteiger partial charge < -0.3 is 4.98 Å². The lowest BCUT2D eigenvalue weighted by molar-refractivity contribution is 1.29. The van der Waals surface area contributed by atoms with Gasteiger partial charge in [0.1, 0.15) is 4.64 Å². The van der Waals surface area contributed by atoms with Crippen LogP contribution in [0.5, 0.6) is 0 Å². The van der Waals surface area contributed by atoms with Crippen molar-refractivity contribution in [3.05, 3.63) is 46.1 Å². The predicted molar refractivity (Wildman–Crippen MR) is 73.9 cm³/mol. The van der Waals surface area contributed by atoms with E-state index >= 15 is 0 Å². The molecule has 0 saturated carbocycles. The number of nitrogens with one attached hydrogen (secondary N) is 1. The molecule has 1 heterocycles. The molecule has 0 aliphatic rings. The Morgan fingerprint density at radius 1 is 1.25 bits per heavy atom. The van der Waals surface area contributed by atoms with Crippen molar-refractivity contribution in [2.24, 2.45) is 0 Å². The second kappa shape index (κ2) is 5.04. The van der Waals surface area contributed by atoms with Crippen molar-refractivity contribution in [3.63, 3.8) is 0 Å². The Balaban J connectivity index is 2.58. The SMILES string of the molecule is CSc1ccc(Cl)c(-c2cccc(=S)[nH]2)c1. The van der Waals surface area contributed by atoms with Crippen LogP contribution in [0.3, 0.4) is 0 Å². The molecule has 0 unspecified atom stereocenters. The average molecular weight is 268 g/mol. The Labute approximate surface area is 109 Å². The molecule has 0 aliphatic carbocycles. The molecule has 0 spiro atoms. The highest BCUT2D eigenvalue weighted by atomic mass is 35.5. The highest BCUT2D eigenvalue weighted by Crippen LogP contribution is 2.30. The zero-order valence-electron chi connectivity index (χ0n) is 8.66. The van der Waals surface area contributed by atoms with Gasteiger partial charge in [-0.2, -0.15) is 0 Å². The Hall–Kier alpha value is -0.770. The summed E-state index contributed by atoms with van der Waals surface area (Å²) in [5, 5.41) is 0.731. The summed E-state index contributed by atoms with van der Waals surface area (Å²) in [5.41, 5.74) is 1.94. The second-order valence-electron chi connectivity index (χ2n) is 3.27. The van der Waals surface area contributed by atoms with E-state index < -0.39 is 0 Å². The Morgan fingerprint density at radius 2 is 2.06 bits per heavy atom. The van der Waals surface area contributed by atoms with E-state index in [-0.39, 0.29) is 0 Å². The van der Waals surface area contributed by atoms with Crippen LogP contribution in [0, 0.1) is 4.64 Å². The van der Waals surface area contributed by atoms with E-state index in [2.05, 4.69) is 11.1 Å². The number of aromatic nitrogens is 1. The van der Waals surface area contributed by atoms with Crippen molar-refractivity contribution >= 4 is 35.6 Å². The lowest BCUT2D eigenvalue weighted by Crippen LogP contribution is -1.85. The number of rotatable bonds is 2. The van der Waals surface area contributed by atoms with Crippen LogP contribution in [0.2, 0.25) is 5.02 Å². The van der Waals surface area contributed by atoms with Crippen molar-refractivity contribution in [1.82, 2.24) is 4.98 Å². The normalized spacial score (nSPS) is 10.4. The number of halogens is 1. The fourth-order valence-corrected chi connectivity index (χ4v) is 2.29. The van der Waals surface area contributed by atoms with Gasteiger partial charge in [0.25, 0.3) is 0 Å². The third-order valence-electron chi connectivity index (χ3n) is 2.23. The van der Waals surface area contributed by atoms with Gasteiger partial charge in [-0.05, 0) is 36.6 Å². The molecule has 0 bridgehead atoms. The van der Waals surface area contributed by atoms with E-state index in [1.165, 1.54) is 4.90 Å². The summed E-state index contributed by atoms with van der Waals surface area (Å²) in [6, 6.07) is 11.7. The topological polar surface area (TPSA) is 15.8 Å². The first-order valence-electron chi connectivity index (χ1n) is 4.74. The minimum absolute atomic E-state index is 0.711. The van der Waals surface area contributed by atoms with Gasteiger partial charge in [0.15, 0.2) is 0 Å². The highest BCUT2D eigenvalue weighted by Gasteiger charge is 2.04. The number of aromatic amines is 1. The monoisotopic (exact) mass is 267 g/mol. The number of thioether (sulfide) groups is 1. The quantitative estimate of drug-likeness (QED) is 0.622. The van der Waals surface area contributed by atoms with Crippen LogP contribution in [0.25, 0.3) is 11.3 Å². The van der Waals surface area contributed by atoms with E-state index in [9.17, 15) is 0 Å². The molecule has 1 N–H and O–H groups in total. The van der Waals surface area contributed by atoms with Crippen LogP contribution in [-0.2, 0) is 0 Å². The van der Waals surface area contributed by atoms with Crippen molar-refractivity contribution in [3.8, 4) is 11.3 Å². The Bertz CT molecular complexity index is 563. The fraction of sp³-hybridized carbons (Fsp3) is 0.0833. The molecule has 0 aliphatic heterocycles. The maximum Gasteiger partial charge on any atom is 0.103 e. The van der Waals surface area contributed by atoms with Gasteiger partial charge in [-0.3, -0.25) is 0 Å². The van der Waals surface area contributed by atoms with Crippen molar-refractivity contribution < 1.29 is 0 Å². The molecule has 0 amide bonds. The highest BCUT2D eigenvalue weighted by molar-refractivity contribution is 7.98. The molecule has 4 heteroatoms. The van der Waals surface area contributed by atoms with E-state index in [0.29, 0.717) is 4.64 Å². The standard InChI is InChI=1S/C12H10ClNS2/c1-16-8-5-6-10(13)9(7-8)11-3-2-4-12(15)14-11/h2-7H,1H3,(H,14,15). The van der Waals surface area contributed by atoms with Crippen LogP contribution >= 0.6 is 35.6 Å². The number of hydrogen-bond acceptors (Lipinski definition) is 2. The largest absolute Gasteiger partial charge is 0.346 e. The van der Waals surface area contributed by atoms with Gasteiger partial charge in [-0.25, -0.2) is 0 Å². The molecule has 2 rings (SSSR count). The minimum Gasteiger partial charge on any atom is -0.346 e. The maximum absolute atomic E-state index is 6.18. The smallest absolute Gasteiger partial charge is 0.103 e. The molecule has 0 atom stereocenters. The van der Waals surface area contributed by atoms with Gasteiger partial charge in [0, 0.05) is 21.2 Å². The Morgan fingerprint density at radius 3 is 2.75 bits per heavy atom. The van der Waals surface area contributed by atoms with Crippen LogP contribution in [0.4, 0.5) is 0 Å². The summed E-state index contributed by atoms with van der Waals surface area (Å²) in [5.74, 6) is 0. The summed E-state index contributed by atoms with van der Waals surface area (Å²) in [6.45, 7) is 0. The van der Waals surface area contributed by atoms with Gasteiger partial charge in [0.2, 0.25) is 0 Å². The third kappa shape index (κ3) is 2.48. The van der Waals surface area contributed by atoms with E-state index in [1.54, 1.807) is 11.8 Å². The summed E-state index contributed by atoms with van der Waals surface area (Å²) >= 11 is 13.0. The number of hydrogen-bond donors (Lipinski definition) is 1. The van der Waals surface area contributed by atoms with Gasteiger partial charge >= 0.3 is 0 Å².